The van der Waals surface area contributed by atoms with Crippen molar-refractivity contribution < 1.29 is 24.5 Å². The van der Waals surface area contributed by atoms with Gasteiger partial charge in [0.15, 0.2) is 0 Å². The molecule has 0 aliphatic carbocycles. The van der Waals surface area contributed by atoms with Gasteiger partial charge in [-0.2, -0.15) is 0 Å². The van der Waals surface area contributed by atoms with Crippen LogP contribution in [0.5, 0.6) is 0 Å². The Morgan fingerprint density at radius 3 is 2.24 bits per heavy atom. The number of hydrogen-bond acceptors (Lipinski definition) is 5. The minimum absolute atomic E-state index is 0.0263. The normalized spacial score (nSPS) is 38.5. The Morgan fingerprint density at radius 2 is 1.76 bits per heavy atom. The third-order valence-electron chi connectivity index (χ3n) is 6.09. The number of carbonyl (C=O) groups excluding carboxylic acids is 1. The number of carbonyl (C=O) groups is 2. The number of piperidine rings is 4. The van der Waals surface area contributed by atoms with E-state index < -0.39 is 28.7 Å². The Bertz CT molecular complexity index is 552. The monoisotopic (exact) mass is 354 g/mol. The van der Waals surface area contributed by atoms with E-state index in [0.29, 0.717) is 25.9 Å². The fraction of sp³-hybridized carbons (Fsp3) is 0.889. The summed E-state index contributed by atoms with van der Waals surface area (Å²) >= 11 is 0. The highest BCUT2D eigenvalue weighted by atomic mass is 16.6. The molecule has 0 spiro atoms. The molecular weight excluding hydrogens is 324 g/mol. The van der Waals surface area contributed by atoms with Crippen LogP contribution in [0, 0.1) is 11.3 Å². The van der Waals surface area contributed by atoms with E-state index in [9.17, 15) is 19.8 Å². The molecule has 4 aliphatic heterocycles. The number of rotatable bonds is 2. The summed E-state index contributed by atoms with van der Waals surface area (Å²) in [4.78, 5) is 28.4. The lowest BCUT2D eigenvalue weighted by Gasteiger charge is -2.59. The lowest BCUT2D eigenvalue weighted by molar-refractivity contribution is -0.211. The molecule has 2 bridgehead atoms. The summed E-state index contributed by atoms with van der Waals surface area (Å²) in [6, 6.07) is 0. The third kappa shape index (κ3) is 3.12. The van der Waals surface area contributed by atoms with E-state index in [2.05, 4.69) is 4.90 Å². The zero-order chi connectivity index (χ0) is 18.5. The average molecular weight is 354 g/mol. The molecule has 2 N–H and O–H groups in total. The first kappa shape index (κ1) is 18.5. The van der Waals surface area contributed by atoms with Gasteiger partial charge >= 0.3 is 12.1 Å². The van der Waals surface area contributed by atoms with E-state index in [4.69, 9.17) is 4.74 Å². The lowest BCUT2D eigenvalue weighted by atomic mass is 9.56. The molecule has 0 aromatic rings. The molecule has 7 nitrogen and oxygen atoms in total. The average Bonchev–Trinajstić information content (AvgIpc) is 2.54. The fourth-order valence-electron chi connectivity index (χ4n) is 4.92. The maximum atomic E-state index is 12.5. The quantitative estimate of drug-likeness (QED) is 0.782. The summed E-state index contributed by atoms with van der Waals surface area (Å²) in [7, 11) is 0. The Labute approximate surface area is 148 Å². The van der Waals surface area contributed by atoms with Crippen molar-refractivity contribution in [3.8, 4) is 0 Å². The predicted molar refractivity (Wildman–Crippen MR) is 91.2 cm³/mol. The standard InChI is InChI=1S/C18H30N2O5/c1-16(2,3)25-15(23)20-8-4-7-17(24,11-20)18(14(21)22)12-19-9-5-13(18)6-10-19/h13,24H,4-12H2,1-3H3,(H,21,22). The van der Waals surface area contributed by atoms with Crippen LogP contribution in [0.25, 0.3) is 0 Å². The van der Waals surface area contributed by atoms with Gasteiger partial charge < -0.3 is 24.7 Å². The Balaban J connectivity index is 1.86. The van der Waals surface area contributed by atoms with E-state index in [-0.39, 0.29) is 12.5 Å². The molecule has 2 unspecified atom stereocenters. The first-order valence-corrected chi connectivity index (χ1v) is 9.23. The maximum Gasteiger partial charge on any atom is 0.410 e. The van der Waals surface area contributed by atoms with Crippen molar-refractivity contribution in [2.45, 2.75) is 57.7 Å². The van der Waals surface area contributed by atoms with E-state index >= 15 is 0 Å². The molecule has 4 saturated heterocycles. The summed E-state index contributed by atoms with van der Waals surface area (Å²) in [5.74, 6) is -0.978. The molecule has 4 aliphatic rings. The zero-order valence-corrected chi connectivity index (χ0v) is 15.5. The van der Waals surface area contributed by atoms with Crippen molar-refractivity contribution in [2.75, 3.05) is 32.7 Å². The van der Waals surface area contributed by atoms with Crippen LogP contribution < -0.4 is 0 Å². The summed E-state index contributed by atoms with van der Waals surface area (Å²) in [5.41, 5.74) is -3.24. The first-order chi connectivity index (χ1) is 11.6. The van der Waals surface area contributed by atoms with Gasteiger partial charge in [0.1, 0.15) is 16.6 Å². The molecule has 0 saturated carbocycles. The molecule has 25 heavy (non-hydrogen) atoms. The van der Waals surface area contributed by atoms with Crippen molar-refractivity contribution in [1.29, 1.82) is 0 Å². The minimum atomic E-state index is -1.42. The number of amides is 1. The molecule has 2 atom stereocenters. The van der Waals surface area contributed by atoms with Crippen molar-refractivity contribution in [3.63, 3.8) is 0 Å². The van der Waals surface area contributed by atoms with E-state index in [1.807, 2.05) is 0 Å². The van der Waals surface area contributed by atoms with Crippen LogP contribution in [0.3, 0.4) is 0 Å². The number of aliphatic carboxylic acids is 1. The number of carboxylic acid groups (broad SMARTS) is 1. The number of likely N-dealkylation sites (tertiary alicyclic amines) is 1. The second-order valence-electron chi connectivity index (χ2n) is 8.86. The van der Waals surface area contributed by atoms with Gasteiger partial charge in [0.05, 0.1) is 6.54 Å². The van der Waals surface area contributed by atoms with Crippen LogP contribution in [0.15, 0.2) is 0 Å². The molecule has 7 heteroatoms. The summed E-state index contributed by atoms with van der Waals surface area (Å²) in [5, 5.41) is 21.6. The van der Waals surface area contributed by atoms with E-state index in [0.717, 1.165) is 25.9 Å². The van der Waals surface area contributed by atoms with Crippen LogP contribution >= 0.6 is 0 Å². The summed E-state index contributed by atoms with van der Waals surface area (Å²) < 4.78 is 5.43. The second-order valence-corrected chi connectivity index (χ2v) is 8.86. The number of fused-ring (bicyclic) bond motifs is 3. The second kappa shape index (κ2) is 6.13. The SMILES string of the molecule is CC(C)(C)OC(=O)N1CCCC(O)(C2(C(=O)O)CN3CCC2CC3)C1. The van der Waals surface area contributed by atoms with Crippen molar-refractivity contribution in [1.82, 2.24) is 9.80 Å². The molecule has 0 aromatic carbocycles. The van der Waals surface area contributed by atoms with Crippen LogP contribution in [-0.2, 0) is 9.53 Å². The summed E-state index contributed by atoms with van der Waals surface area (Å²) in [6.45, 7) is 8.07. The molecule has 4 heterocycles. The topological polar surface area (TPSA) is 90.3 Å². The third-order valence-corrected chi connectivity index (χ3v) is 6.09. The molecule has 0 aromatic heterocycles. The smallest absolute Gasteiger partial charge is 0.410 e. The largest absolute Gasteiger partial charge is 0.481 e. The van der Waals surface area contributed by atoms with Gasteiger partial charge in [0.2, 0.25) is 0 Å². The van der Waals surface area contributed by atoms with Gasteiger partial charge in [-0.25, -0.2) is 4.79 Å². The maximum absolute atomic E-state index is 12.5. The van der Waals surface area contributed by atoms with Crippen LogP contribution in [0.1, 0.15) is 46.5 Å². The molecular formula is C18H30N2O5. The number of carboxylic acids is 1. The van der Waals surface area contributed by atoms with E-state index in [1.54, 1.807) is 20.8 Å². The number of nitrogens with zero attached hydrogens (tertiary/aromatic N) is 2. The first-order valence-electron chi connectivity index (χ1n) is 9.23. The lowest BCUT2D eigenvalue weighted by Crippen LogP contribution is -2.72. The van der Waals surface area contributed by atoms with Crippen molar-refractivity contribution in [3.05, 3.63) is 0 Å². The van der Waals surface area contributed by atoms with Crippen LogP contribution in [-0.4, -0.2) is 76.0 Å². The highest BCUT2D eigenvalue weighted by molar-refractivity contribution is 5.78. The highest BCUT2D eigenvalue weighted by Crippen LogP contribution is 2.52. The Morgan fingerprint density at radius 1 is 1.12 bits per heavy atom. The van der Waals surface area contributed by atoms with Gasteiger partial charge in [0.25, 0.3) is 0 Å². The predicted octanol–water partition coefficient (Wildman–Crippen LogP) is 1.54. The van der Waals surface area contributed by atoms with Gasteiger partial charge in [-0.05, 0) is 65.5 Å². The van der Waals surface area contributed by atoms with Crippen LogP contribution in [0.4, 0.5) is 4.79 Å². The van der Waals surface area contributed by atoms with Crippen LogP contribution in [0.2, 0.25) is 0 Å². The fourth-order valence-corrected chi connectivity index (χ4v) is 4.92. The molecule has 4 rings (SSSR count). The van der Waals surface area contributed by atoms with Gasteiger partial charge in [-0.15, -0.1) is 0 Å². The zero-order valence-electron chi connectivity index (χ0n) is 15.5. The van der Waals surface area contributed by atoms with Crippen molar-refractivity contribution >= 4 is 12.1 Å². The molecule has 0 radical (unpaired) electrons. The molecule has 1 amide bonds. The van der Waals surface area contributed by atoms with Gasteiger partial charge in [0, 0.05) is 13.1 Å². The molecule has 142 valence electrons. The highest BCUT2D eigenvalue weighted by Gasteiger charge is 2.64. The Kier molecular flexibility index (Phi) is 4.52. The summed E-state index contributed by atoms with van der Waals surface area (Å²) in [6.07, 6.45) is 2.09. The van der Waals surface area contributed by atoms with Gasteiger partial charge in [-0.3, -0.25) is 4.79 Å². The Hall–Kier alpha value is -1.34. The van der Waals surface area contributed by atoms with Gasteiger partial charge in [-0.1, -0.05) is 0 Å². The number of hydrogen-bond donors (Lipinski definition) is 2. The number of ether oxygens (including phenoxy) is 1. The minimum Gasteiger partial charge on any atom is -0.481 e. The number of β-amino-alcohol motifs (C(OH)–C–C–N with tert-alkyl or cyclic N) is 1. The molecule has 4 fully saturated rings. The van der Waals surface area contributed by atoms with E-state index in [1.165, 1.54) is 4.90 Å². The number of aliphatic hydroxyl groups is 1. The van der Waals surface area contributed by atoms with Crippen molar-refractivity contribution in [2.24, 2.45) is 11.3 Å².